The first-order chi connectivity index (χ1) is 11.4. The lowest BCUT2D eigenvalue weighted by molar-refractivity contribution is -0.135. The number of amides is 2. The Balaban J connectivity index is 2.04. The maximum atomic E-state index is 12.7. The van der Waals surface area contributed by atoms with E-state index in [0.29, 0.717) is 18.9 Å². The number of carbonyl (C=O) groups excluding carboxylic acids is 2. The maximum Gasteiger partial charge on any atom is 0.245 e. The lowest BCUT2D eigenvalue weighted by atomic mass is 10.1. The van der Waals surface area contributed by atoms with Crippen LogP contribution in [0.1, 0.15) is 43.1 Å². The zero-order valence-electron chi connectivity index (χ0n) is 14.4. The van der Waals surface area contributed by atoms with E-state index in [1.807, 2.05) is 5.38 Å². The van der Waals surface area contributed by atoms with Gasteiger partial charge in [-0.1, -0.05) is 13.8 Å². The summed E-state index contributed by atoms with van der Waals surface area (Å²) in [6, 6.07) is -0.629. The Morgan fingerprint density at radius 1 is 1.42 bits per heavy atom. The Labute approximate surface area is 145 Å². The lowest BCUT2D eigenvalue weighted by Crippen LogP contribution is -2.47. The number of carbonyl (C=O) groups is 2. The van der Waals surface area contributed by atoms with Gasteiger partial charge in [-0.15, -0.1) is 11.3 Å². The molecule has 2 aromatic rings. The molecule has 0 bridgehead atoms. The van der Waals surface area contributed by atoms with Gasteiger partial charge in [0.05, 0.1) is 23.6 Å². The van der Waals surface area contributed by atoms with Crippen LogP contribution in [0.4, 0.5) is 0 Å². The van der Waals surface area contributed by atoms with E-state index in [1.54, 1.807) is 35.8 Å². The van der Waals surface area contributed by atoms with Crippen molar-refractivity contribution in [2.45, 2.75) is 45.7 Å². The minimum absolute atomic E-state index is 0.154. The molecule has 0 spiro atoms. The fourth-order valence-electron chi connectivity index (χ4n) is 2.31. The minimum atomic E-state index is -0.629. The molecule has 7 nitrogen and oxygen atoms in total. The van der Waals surface area contributed by atoms with Gasteiger partial charge in [0.25, 0.3) is 0 Å². The van der Waals surface area contributed by atoms with Gasteiger partial charge < -0.3 is 15.2 Å². The molecule has 0 radical (unpaired) electrons. The summed E-state index contributed by atoms with van der Waals surface area (Å²) in [4.78, 5) is 37.2. The Morgan fingerprint density at radius 3 is 2.71 bits per heavy atom. The standard InChI is InChI=1S/C16H23N5O2S/c1-10(2)15-20-13(8-24-15)7-21(4)16(23)14(19-11(3)22)5-12-6-17-9-18-12/h6,8-10,14H,5,7H2,1-4H3,(H,17,18)(H,19,22)/t14-/m0/s1. The van der Waals surface area contributed by atoms with Crippen molar-refractivity contribution in [1.82, 2.24) is 25.2 Å². The highest BCUT2D eigenvalue weighted by Gasteiger charge is 2.24. The van der Waals surface area contributed by atoms with E-state index in [-0.39, 0.29) is 11.8 Å². The zero-order chi connectivity index (χ0) is 17.7. The first-order valence-electron chi connectivity index (χ1n) is 7.80. The number of hydrogen-bond donors (Lipinski definition) is 2. The monoisotopic (exact) mass is 349 g/mol. The van der Waals surface area contributed by atoms with Crippen molar-refractivity contribution >= 4 is 23.2 Å². The van der Waals surface area contributed by atoms with Crippen LogP contribution >= 0.6 is 11.3 Å². The predicted octanol–water partition coefficient (Wildman–Crippen LogP) is 1.70. The second-order valence-corrected chi connectivity index (χ2v) is 6.95. The molecule has 2 aromatic heterocycles. The molecule has 2 rings (SSSR count). The number of aromatic amines is 1. The van der Waals surface area contributed by atoms with Crippen molar-refractivity contribution in [3.63, 3.8) is 0 Å². The summed E-state index contributed by atoms with van der Waals surface area (Å²) in [5.74, 6) is -0.0202. The van der Waals surface area contributed by atoms with E-state index in [9.17, 15) is 9.59 Å². The number of hydrogen-bond acceptors (Lipinski definition) is 5. The molecule has 0 aliphatic carbocycles. The van der Waals surface area contributed by atoms with Crippen LogP contribution < -0.4 is 5.32 Å². The Hall–Kier alpha value is -2.22. The predicted molar refractivity (Wildman–Crippen MR) is 92.6 cm³/mol. The van der Waals surface area contributed by atoms with Crippen LogP contribution in [0.3, 0.4) is 0 Å². The van der Waals surface area contributed by atoms with Gasteiger partial charge in [0.2, 0.25) is 11.8 Å². The normalized spacial score (nSPS) is 12.2. The average Bonchev–Trinajstić information content (AvgIpc) is 3.16. The smallest absolute Gasteiger partial charge is 0.245 e. The van der Waals surface area contributed by atoms with Gasteiger partial charge in [-0.2, -0.15) is 0 Å². The Kier molecular flexibility index (Phi) is 6.08. The largest absolute Gasteiger partial charge is 0.348 e. The molecular weight excluding hydrogens is 326 g/mol. The number of H-pyrrole nitrogens is 1. The number of likely N-dealkylation sites (N-methyl/N-ethyl adjacent to an activating group) is 1. The van der Waals surface area contributed by atoms with Gasteiger partial charge in [0.1, 0.15) is 6.04 Å². The maximum absolute atomic E-state index is 12.7. The number of imidazole rings is 1. The molecule has 0 aromatic carbocycles. The van der Waals surface area contributed by atoms with E-state index in [0.717, 1.165) is 16.4 Å². The number of nitrogens with zero attached hydrogens (tertiary/aromatic N) is 3. The molecular formula is C16H23N5O2S. The van der Waals surface area contributed by atoms with E-state index in [2.05, 4.69) is 34.1 Å². The Morgan fingerprint density at radius 2 is 2.17 bits per heavy atom. The summed E-state index contributed by atoms with van der Waals surface area (Å²) in [7, 11) is 1.72. The van der Waals surface area contributed by atoms with Gasteiger partial charge in [-0.3, -0.25) is 9.59 Å². The third-order valence-electron chi connectivity index (χ3n) is 3.49. The number of rotatable bonds is 7. The van der Waals surface area contributed by atoms with Gasteiger partial charge in [-0.05, 0) is 0 Å². The van der Waals surface area contributed by atoms with E-state index in [1.165, 1.54) is 6.92 Å². The van der Waals surface area contributed by atoms with Crippen LogP contribution in [0.15, 0.2) is 17.9 Å². The highest BCUT2D eigenvalue weighted by atomic mass is 32.1. The summed E-state index contributed by atoms with van der Waals surface area (Å²) in [6.07, 6.45) is 3.57. The van der Waals surface area contributed by atoms with Crippen LogP contribution in [-0.2, 0) is 22.6 Å². The SMILES string of the molecule is CC(=O)N[C@@H](Cc1cnc[nH]1)C(=O)N(C)Cc1csc(C(C)C)n1. The van der Waals surface area contributed by atoms with E-state index >= 15 is 0 Å². The van der Waals surface area contributed by atoms with E-state index < -0.39 is 6.04 Å². The van der Waals surface area contributed by atoms with Crippen molar-refractivity contribution in [2.75, 3.05) is 7.05 Å². The summed E-state index contributed by atoms with van der Waals surface area (Å²) < 4.78 is 0. The van der Waals surface area contributed by atoms with Crippen molar-refractivity contribution in [3.8, 4) is 0 Å². The van der Waals surface area contributed by atoms with Gasteiger partial charge >= 0.3 is 0 Å². The van der Waals surface area contributed by atoms with Crippen LogP contribution in [-0.4, -0.2) is 44.8 Å². The van der Waals surface area contributed by atoms with Crippen molar-refractivity contribution < 1.29 is 9.59 Å². The third kappa shape index (κ3) is 4.89. The molecule has 0 saturated heterocycles. The molecule has 2 amide bonds. The zero-order valence-corrected chi connectivity index (χ0v) is 15.2. The number of aromatic nitrogens is 3. The second kappa shape index (κ2) is 8.05. The molecule has 0 saturated carbocycles. The van der Waals surface area contributed by atoms with Crippen LogP contribution in [0.25, 0.3) is 0 Å². The molecule has 130 valence electrons. The molecule has 0 aliphatic heterocycles. The molecule has 1 atom stereocenters. The van der Waals surface area contributed by atoms with Crippen LogP contribution in [0.2, 0.25) is 0 Å². The molecule has 2 N–H and O–H groups in total. The highest BCUT2D eigenvalue weighted by molar-refractivity contribution is 7.09. The fraction of sp³-hybridized carbons (Fsp3) is 0.500. The summed E-state index contributed by atoms with van der Waals surface area (Å²) in [5, 5.41) is 5.74. The summed E-state index contributed by atoms with van der Waals surface area (Å²) in [5.41, 5.74) is 1.66. The molecule has 24 heavy (non-hydrogen) atoms. The topological polar surface area (TPSA) is 91.0 Å². The number of nitrogens with one attached hydrogen (secondary N) is 2. The van der Waals surface area contributed by atoms with Crippen molar-refractivity contribution in [1.29, 1.82) is 0 Å². The van der Waals surface area contributed by atoms with Gasteiger partial charge in [0, 0.05) is 43.6 Å². The van der Waals surface area contributed by atoms with Crippen LogP contribution in [0, 0.1) is 0 Å². The summed E-state index contributed by atoms with van der Waals surface area (Å²) >= 11 is 1.60. The first-order valence-corrected chi connectivity index (χ1v) is 8.68. The molecule has 2 heterocycles. The molecule has 0 unspecified atom stereocenters. The minimum Gasteiger partial charge on any atom is -0.348 e. The Bertz CT molecular complexity index is 680. The lowest BCUT2D eigenvalue weighted by Gasteiger charge is -2.23. The van der Waals surface area contributed by atoms with E-state index in [4.69, 9.17) is 0 Å². The second-order valence-electron chi connectivity index (χ2n) is 6.06. The quantitative estimate of drug-likeness (QED) is 0.796. The third-order valence-corrected chi connectivity index (χ3v) is 4.69. The fourth-order valence-corrected chi connectivity index (χ4v) is 3.14. The highest BCUT2D eigenvalue weighted by Crippen LogP contribution is 2.20. The first kappa shape index (κ1) is 18.1. The molecule has 0 aliphatic rings. The molecule has 8 heteroatoms. The van der Waals surface area contributed by atoms with Gasteiger partial charge in [0.15, 0.2) is 0 Å². The average molecular weight is 349 g/mol. The number of thiazole rings is 1. The van der Waals surface area contributed by atoms with Crippen LogP contribution in [0.5, 0.6) is 0 Å². The van der Waals surface area contributed by atoms with Gasteiger partial charge in [-0.25, -0.2) is 9.97 Å². The molecule has 0 fully saturated rings. The summed E-state index contributed by atoms with van der Waals surface area (Å²) in [6.45, 7) is 6.01. The van der Waals surface area contributed by atoms with Crippen molar-refractivity contribution in [3.05, 3.63) is 34.3 Å². The van der Waals surface area contributed by atoms with Crippen molar-refractivity contribution in [2.24, 2.45) is 0 Å².